The molecule has 0 spiro atoms. The molecule has 0 heterocycles. The molecule has 1 rings (SSSR count). The Morgan fingerprint density at radius 2 is 2.25 bits per heavy atom. The monoisotopic (exact) mass is 222 g/mol. The van der Waals surface area contributed by atoms with Gasteiger partial charge in [0.25, 0.3) is 0 Å². The van der Waals surface area contributed by atoms with Crippen molar-refractivity contribution in [2.45, 2.75) is 19.4 Å². The number of ether oxygens (including phenoxy) is 1. The average Bonchev–Trinajstić information content (AvgIpc) is 2.30. The van der Waals surface area contributed by atoms with Crippen LogP contribution in [-0.4, -0.2) is 19.2 Å². The van der Waals surface area contributed by atoms with Crippen molar-refractivity contribution in [3.63, 3.8) is 0 Å². The van der Waals surface area contributed by atoms with E-state index in [0.717, 1.165) is 5.56 Å². The van der Waals surface area contributed by atoms with Gasteiger partial charge in [0, 0.05) is 6.07 Å². The zero-order valence-corrected chi connectivity index (χ0v) is 9.67. The predicted octanol–water partition coefficient (Wildman–Crippen LogP) is 2.01. The van der Waals surface area contributed by atoms with E-state index in [1.54, 1.807) is 20.0 Å². The third kappa shape index (κ3) is 2.94. The van der Waals surface area contributed by atoms with E-state index in [1.807, 2.05) is 6.92 Å². The average molecular weight is 222 g/mol. The van der Waals surface area contributed by atoms with Gasteiger partial charge in [-0.05, 0) is 32.5 Å². The van der Waals surface area contributed by atoms with E-state index in [1.165, 1.54) is 12.1 Å². The molecule has 0 saturated carbocycles. The summed E-state index contributed by atoms with van der Waals surface area (Å²) in [6.45, 7) is 3.73. The first-order valence-electron chi connectivity index (χ1n) is 5.00. The fourth-order valence-corrected chi connectivity index (χ4v) is 1.11. The summed E-state index contributed by atoms with van der Waals surface area (Å²) in [6, 6.07) is 6.45. The number of nitrogens with one attached hydrogen (secondary N) is 1. The SMILES string of the molecule is CNC(C)(C#N)COc1cc(F)ccc1C. The van der Waals surface area contributed by atoms with E-state index in [9.17, 15) is 4.39 Å². The highest BCUT2D eigenvalue weighted by Crippen LogP contribution is 2.19. The first-order chi connectivity index (χ1) is 7.50. The van der Waals surface area contributed by atoms with Gasteiger partial charge >= 0.3 is 0 Å². The van der Waals surface area contributed by atoms with Gasteiger partial charge in [0.1, 0.15) is 23.7 Å². The molecule has 0 amide bonds. The number of likely N-dealkylation sites (N-methyl/N-ethyl adjacent to an activating group) is 1. The highest BCUT2D eigenvalue weighted by atomic mass is 19.1. The fourth-order valence-electron chi connectivity index (χ4n) is 1.11. The molecule has 86 valence electrons. The first-order valence-corrected chi connectivity index (χ1v) is 5.00. The Labute approximate surface area is 94.8 Å². The molecule has 1 N–H and O–H groups in total. The Bertz CT molecular complexity index is 414. The zero-order valence-electron chi connectivity index (χ0n) is 9.67. The Kier molecular flexibility index (Phi) is 3.86. The highest BCUT2D eigenvalue weighted by Gasteiger charge is 2.22. The summed E-state index contributed by atoms with van der Waals surface area (Å²) in [6.07, 6.45) is 0. The predicted molar refractivity (Wildman–Crippen MR) is 59.7 cm³/mol. The van der Waals surface area contributed by atoms with Crippen molar-refractivity contribution in [1.82, 2.24) is 5.32 Å². The van der Waals surface area contributed by atoms with E-state index in [2.05, 4.69) is 11.4 Å². The summed E-state index contributed by atoms with van der Waals surface area (Å²) in [4.78, 5) is 0. The summed E-state index contributed by atoms with van der Waals surface area (Å²) in [7, 11) is 1.69. The van der Waals surface area contributed by atoms with Gasteiger partial charge in [-0.25, -0.2) is 4.39 Å². The summed E-state index contributed by atoms with van der Waals surface area (Å²) in [5, 5.41) is 11.8. The number of hydrogen-bond acceptors (Lipinski definition) is 3. The molecule has 0 fully saturated rings. The van der Waals surface area contributed by atoms with Gasteiger partial charge < -0.3 is 4.74 Å². The van der Waals surface area contributed by atoms with Gasteiger partial charge in [0.2, 0.25) is 0 Å². The van der Waals surface area contributed by atoms with E-state index < -0.39 is 5.54 Å². The molecule has 1 unspecified atom stereocenters. The van der Waals surface area contributed by atoms with Gasteiger partial charge in [-0.3, -0.25) is 5.32 Å². The lowest BCUT2D eigenvalue weighted by Crippen LogP contribution is -2.43. The largest absolute Gasteiger partial charge is 0.490 e. The smallest absolute Gasteiger partial charge is 0.137 e. The maximum atomic E-state index is 13.0. The molecule has 0 radical (unpaired) electrons. The fraction of sp³-hybridized carbons (Fsp3) is 0.417. The Hall–Kier alpha value is -1.60. The van der Waals surface area contributed by atoms with Gasteiger partial charge in [-0.1, -0.05) is 6.07 Å². The van der Waals surface area contributed by atoms with Crippen molar-refractivity contribution in [3.8, 4) is 11.8 Å². The number of nitrogens with zero attached hydrogens (tertiary/aromatic N) is 1. The first kappa shape index (κ1) is 12.5. The molecule has 0 aliphatic heterocycles. The van der Waals surface area contributed by atoms with E-state index in [0.29, 0.717) is 5.75 Å². The minimum atomic E-state index is -0.765. The zero-order chi connectivity index (χ0) is 12.2. The van der Waals surface area contributed by atoms with Crippen LogP contribution < -0.4 is 10.1 Å². The van der Waals surface area contributed by atoms with Crippen LogP contribution in [0.3, 0.4) is 0 Å². The number of hydrogen-bond donors (Lipinski definition) is 1. The van der Waals surface area contributed by atoms with Gasteiger partial charge in [0.05, 0.1) is 6.07 Å². The van der Waals surface area contributed by atoms with Crippen molar-refractivity contribution in [2.75, 3.05) is 13.7 Å². The second-order valence-electron chi connectivity index (χ2n) is 3.89. The van der Waals surface area contributed by atoms with Crippen LogP contribution >= 0.6 is 0 Å². The lowest BCUT2D eigenvalue weighted by atomic mass is 10.1. The molecule has 3 nitrogen and oxygen atoms in total. The Balaban J connectivity index is 2.75. The van der Waals surface area contributed by atoms with Crippen molar-refractivity contribution in [2.24, 2.45) is 0 Å². The third-order valence-corrected chi connectivity index (χ3v) is 2.47. The molecule has 0 saturated heterocycles. The highest BCUT2D eigenvalue weighted by molar-refractivity contribution is 5.32. The number of halogens is 1. The molecule has 1 aromatic carbocycles. The quantitative estimate of drug-likeness (QED) is 0.847. The van der Waals surface area contributed by atoms with Crippen LogP contribution in [0.4, 0.5) is 4.39 Å². The minimum Gasteiger partial charge on any atom is -0.490 e. The molecule has 0 aromatic heterocycles. The van der Waals surface area contributed by atoms with Crippen LogP contribution in [0, 0.1) is 24.1 Å². The molecule has 16 heavy (non-hydrogen) atoms. The van der Waals surface area contributed by atoms with Crippen molar-refractivity contribution in [1.29, 1.82) is 5.26 Å². The molecule has 1 atom stereocenters. The molecule has 0 bridgehead atoms. The Morgan fingerprint density at radius 1 is 1.56 bits per heavy atom. The van der Waals surface area contributed by atoms with Crippen LogP contribution in [0.15, 0.2) is 18.2 Å². The number of benzene rings is 1. The van der Waals surface area contributed by atoms with E-state index in [4.69, 9.17) is 10.00 Å². The second-order valence-corrected chi connectivity index (χ2v) is 3.89. The number of rotatable bonds is 4. The Morgan fingerprint density at radius 3 is 2.81 bits per heavy atom. The minimum absolute atomic E-state index is 0.171. The van der Waals surface area contributed by atoms with Crippen molar-refractivity contribution in [3.05, 3.63) is 29.6 Å². The summed E-state index contributed by atoms with van der Waals surface area (Å²) >= 11 is 0. The van der Waals surface area contributed by atoms with Crippen LogP contribution in [0.2, 0.25) is 0 Å². The normalized spacial score (nSPS) is 13.9. The molecular weight excluding hydrogens is 207 g/mol. The number of nitriles is 1. The van der Waals surface area contributed by atoms with Gasteiger partial charge in [0.15, 0.2) is 0 Å². The van der Waals surface area contributed by atoms with Crippen LogP contribution in [-0.2, 0) is 0 Å². The standard InChI is InChI=1S/C12H15FN2O/c1-9-4-5-10(13)6-11(9)16-8-12(2,7-14)15-3/h4-6,15H,8H2,1-3H3. The van der Waals surface area contributed by atoms with Crippen LogP contribution in [0.25, 0.3) is 0 Å². The summed E-state index contributed by atoms with van der Waals surface area (Å²) in [5.74, 6) is 0.125. The summed E-state index contributed by atoms with van der Waals surface area (Å²) in [5.41, 5.74) is 0.0801. The molecule has 4 heteroatoms. The topological polar surface area (TPSA) is 45.0 Å². The van der Waals surface area contributed by atoms with E-state index >= 15 is 0 Å². The lowest BCUT2D eigenvalue weighted by Gasteiger charge is -2.21. The van der Waals surface area contributed by atoms with Crippen molar-refractivity contribution < 1.29 is 9.13 Å². The van der Waals surface area contributed by atoms with Crippen LogP contribution in [0.5, 0.6) is 5.75 Å². The van der Waals surface area contributed by atoms with Gasteiger partial charge in [-0.2, -0.15) is 5.26 Å². The maximum Gasteiger partial charge on any atom is 0.137 e. The maximum absolute atomic E-state index is 13.0. The summed E-state index contributed by atoms with van der Waals surface area (Å²) < 4.78 is 18.4. The second kappa shape index (κ2) is 4.95. The van der Waals surface area contributed by atoms with Crippen molar-refractivity contribution >= 4 is 0 Å². The molecule has 0 aliphatic rings. The van der Waals surface area contributed by atoms with Crippen LogP contribution in [0.1, 0.15) is 12.5 Å². The molecule has 0 aliphatic carbocycles. The number of aryl methyl sites for hydroxylation is 1. The van der Waals surface area contributed by atoms with Gasteiger partial charge in [-0.15, -0.1) is 0 Å². The molecular formula is C12H15FN2O. The lowest BCUT2D eigenvalue weighted by molar-refractivity contribution is 0.240. The van der Waals surface area contributed by atoms with E-state index in [-0.39, 0.29) is 12.4 Å². The third-order valence-electron chi connectivity index (χ3n) is 2.47. The molecule has 1 aromatic rings.